The molecule has 0 saturated heterocycles. The predicted molar refractivity (Wildman–Crippen MR) is 115 cm³/mol. The smallest absolute Gasteiger partial charge is 0.352 e. The van der Waals surface area contributed by atoms with Crippen molar-refractivity contribution in [2.45, 2.75) is 18.6 Å². The van der Waals surface area contributed by atoms with Gasteiger partial charge in [0.05, 0.1) is 29.0 Å². The summed E-state index contributed by atoms with van der Waals surface area (Å²) in [5.74, 6) is 0.682. The van der Waals surface area contributed by atoms with E-state index in [0.717, 1.165) is 17.8 Å². The average Bonchev–Trinajstić information content (AvgIpc) is 3.14. The molecule has 1 atom stereocenters. The highest BCUT2D eigenvalue weighted by atomic mass is 19.4. The number of aryl methyl sites for hydroxylation is 1. The van der Waals surface area contributed by atoms with Gasteiger partial charge in [0.2, 0.25) is 5.95 Å². The Labute approximate surface area is 181 Å². The molecule has 0 amide bonds. The molecule has 0 saturated carbocycles. The van der Waals surface area contributed by atoms with Crippen LogP contribution in [-0.4, -0.2) is 31.3 Å². The van der Waals surface area contributed by atoms with Gasteiger partial charge in [0, 0.05) is 13.6 Å². The van der Waals surface area contributed by atoms with Crippen LogP contribution in [0.3, 0.4) is 0 Å². The van der Waals surface area contributed by atoms with Gasteiger partial charge in [0.25, 0.3) is 0 Å². The maximum atomic E-state index is 12.8. The molecule has 11 heteroatoms. The van der Waals surface area contributed by atoms with Crippen molar-refractivity contribution in [2.75, 3.05) is 17.2 Å². The van der Waals surface area contributed by atoms with Crippen molar-refractivity contribution in [1.29, 1.82) is 0 Å². The van der Waals surface area contributed by atoms with Crippen LogP contribution in [0.15, 0.2) is 54.9 Å². The lowest BCUT2D eigenvalue weighted by Crippen LogP contribution is -2.40. The minimum atomic E-state index is -4.51. The molecule has 0 aliphatic carbocycles. The van der Waals surface area contributed by atoms with E-state index in [1.54, 1.807) is 17.9 Å². The zero-order chi connectivity index (χ0) is 22.9. The summed E-state index contributed by atoms with van der Waals surface area (Å²) in [5.41, 5.74) is 6.65. The monoisotopic (exact) mass is 442 g/mol. The second kappa shape index (κ2) is 8.08. The molecule has 32 heavy (non-hydrogen) atoms. The Kier molecular flexibility index (Phi) is 5.43. The van der Waals surface area contributed by atoms with Crippen molar-refractivity contribution in [1.82, 2.24) is 24.7 Å². The molecule has 4 rings (SSSR count). The van der Waals surface area contributed by atoms with Crippen molar-refractivity contribution in [2.24, 2.45) is 12.8 Å². The Hall–Kier alpha value is -3.73. The van der Waals surface area contributed by atoms with E-state index < -0.39 is 17.4 Å². The van der Waals surface area contributed by atoms with Gasteiger partial charge in [-0.2, -0.15) is 28.2 Å². The zero-order valence-electron chi connectivity index (χ0n) is 17.4. The number of benzene rings is 1. The molecular formula is C21H21F3N8. The third-order valence-corrected chi connectivity index (χ3v) is 4.96. The number of pyridine rings is 1. The number of rotatable bonds is 6. The highest BCUT2D eigenvalue weighted by Crippen LogP contribution is 2.29. The number of hydrogen-bond acceptors (Lipinski definition) is 7. The molecule has 8 nitrogen and oxygen atoms in total. The van der Waals surface area contributed by atoms with E-state index in [2.05, 4.69) is 30.7 Å². The van der Waals surface area contributed by atoms with Crippen molar-refractivity contribution < 1.29 is 13.2 Å². The molecule has 0 spiro atoms. The van der Waals surface area contributed by atoms with Crippen LogP contribution in [0.2, 0.25) is 0 Å². The lowest BCUT2D eigenvalue weighted by Gasteiger charge is -2.25. The Morgan fingerprint density at radius 1 is 1.03 bits per heavy atom. The fourth-order valence-electron chi connectivity index (χ4n) is 3.15. The van der Waals surface area contributed by atoms with Gasteiger partial charge in [-0.15, -0.1) is 0 Å². The average molecular weight is 442 g/mol. The second-order valence-corrected chi connectivity index (χ2v) is 7.59. The predicted octanol–water partition coefficient (Wildman–Crippen LogP) is 3.81. The number of nitrogens with one attached hydrogen (secondary N) is 2. The standard InChI is InChI=1S/C21H21F3N8/c1-20(25,13-6-4-3-5-7-13)12-27-19-30-17(15-11-28-32(2)18(15)31-19)29-14-8-9-16(26-10-14)21(22,23)24/h3-11H,12,25H2,1-2H3,(H2,27,29,30,31)/t20-/m0/s1. The van der Waals surface area contributed by atoms with Gasteiger partial charge in [-0.3, -0.25) is 4.68 Å². The molecule has 0 bridgehead atoms. The van der Waals surface area contributed by atoms with Gasteiger partial charge >= 0.3 is 6.18 Å². The molecule has 4 aromatic rings. The van der Waals surface area contributed by atoms with Crippen molar-refractivity contribution >= 4 is 28.5 Å². The third kappa shape index (κ3) is 4.47. The summed E-state index contributed by atoms with van der Waals surface area (Å²) >= 11 is 0. The molecule has 3 aromatic heterocycles. The number of aromatic nitrogens is 5. The van der Waals surface area contributed by atoms with Crippen molar-refractivity contribution in [3.8, 4) is 0 Å². The lowest BCUT2D eigenvalue weighted by atomic mass is 9.93. The van der Waals surface area contributed by atoms with Crippen LogP contribution in [0.4, 0.5) is 30.6 Å². The molecule has 0 unspecified atom stereocenters. The van der Waals surface area contributed by atoms with Crippen LogP contribution in [0.5, 0.6) is 0 Å². The number of anilines is 3. The van der Waals surface area contributed by atoms with Crippen LogP contribution < -0.4 is 16.4 Å². The van der Waals surface area contributed by atoms with E-state index in [-0.39, 0.29) is 0 Å². The number of hydrogen-bond donors (Lipinski definition) is 3. The first-order valence-electron chi connectivity index (χ1n) is 9.72. The number of alkyl halides is 3. The van der Waals surface area contributed by atoms with E-state index in [1.165, 1.54) is 6.07 Å². The first kappa shape index (κ1) is 21.5. The molecule has 0 radical (unpaired) electrons. The highest BCUT2D eigenvalue weighted by Gasteiger charge is 2.32. The van der Waals surface area contributed by atoms with E-state index in [0.29, 0.717) is 35.0 Å². The first-order valence-corrected chi connectivity index (χ1v) is 9.72. The Balaban J connectivity index is 1.61. The number of fused-ring (bicyclic) bond motifs is 1. The summed E-state index contributed by atoms with van der Waals surface area (Å²) in [7, 11) is 1.74. The maximum Gasteiger partial charge on any atom is 0.433 e. The Bertz CT molecular complexity index is 1220. The van der Waals surface area contributed by atoms with Gasteiger partial charge in [0.15, 0.2) is 5.65 Å². The van der Waals surface area contributed by atoms with E-state index in [9.17, 15) is 13.2 Å². The minimum absolute atomic E-state index is 0.302. The molecule has 0 aliphatic rings. The summed E-state index contributed by atoms with van der Waals surface area (Å²) in [6, 6.07) is 11.8. The van der Waals surface area contributed by atoms with Gasteiger partial charge in [-0.05, 0) is 24.6 Å². The lowest BCUT2D eigenvalue weighted by molar-refractivity contribution is -0.141. The van der Waals surface area contributed by atoms with Crippen LogP contribution in [-0.2, 0) is 18.8 Å². The maximum absolute atomic E-state index is 12.8. The molecule has 0 fully saturated rings. The van der Waals surface area contributed by atoms with Crippen LogP contribution >= 0.6 is 0 Å². The number of nitrogens with zero attached hydrogens (tertiary/aromatic N) is 5. The zero-order valence-corrected chi connectivity index (χ0v) is 17.4. The molecule has 0 aliphatic heterocycles. The SMILES string of the molecule is Cn1ncc2c(Nc3ccc(C(F)(F)F)nc3)nc(NC[C@](C)(N)c3ccccc3)nc21. The van der Waals surface area contributed by atoms with Gasteiger partial charge in [-0.25, -0.2) is 4.98 Å². The normalized spacial score (nSPS) is 13.7. The first-order chi connectivity index (χ1) is 15.1. The molecule has 166 valence electrons. The minimum Gasteiger partial charge on any atom is -0.352 e. The van der Waals surface area contributed by atoms with Gasteiger partial charge in [-0.1, -0.05) is 30.3 Å². The summed E-state index contributed by atoms with van der Waals surface area (Å²) in [5, 5.41) is 11.0. The summed E-state index contributed by atoms with van der Waals surface area (Å²) in [6.45, 7) is 2.24. The molecule has 4 N–H and O–H groups in total. The topological polar surface area (TPSA) is 107 Å². The quantitative estimate of drug-likeness (QED) is 0.417. The molecule has 3 heterocycles. The van der Waals surface area contributed by atoms with E-state index in [1.807, 2.05) is 37.3 Å². The van der Waals surface area contributed by atoms with Crippen molar-refractivity contribution in [3.05, 3.63) is 66.1 Å². The summed E-state index contributed by atoms with van der Waals surface area (Å²) in [4.78, 5) is 12.5. The van der Waals surface area contributed by atoms with E-state index >= 15 is 0 Å². The summed E-state index contributed by atoms with van der Waals surface area (Å²) in [6.07, 6.45) is -1.82. The second-order valence-electron chi connectivity index (χ2n) is 7.59. The number of nitrogens with two attached hydrogens (primary N) is 1. The van der Waals surface area contributed by atoms with Gasteiger partial charge in [0.1, 0.15) is 11.5 Å². The van der Waals surface area contributed by atoms with Crippen LogP contribution in [0.25, 0.3) is 11.0 Å². The van der Waals surface area contributed by atoms with Crippen molar-refractivity contribution in [3.63, 3.8) is 0 Å². The Morgan fingerprint density at radius 3 is 2.44 bits per heavy atom. The third-order valence-electron chi connectivity index (χ3n) is 4.96. The fraction of sp³-hybridized carbons (Fsp3) is 0.238. The summed E-state index contributed by atoms with van der Waals surface area (Å²) < 4.78 is 39.9. The van der Waals surface area contributed by atoms with Crippen LogP contribution in [0, 0.1) is 0 Å². The fourth-order valence-corrected chi connectivity index (χ4v) is 3.15. The molecule has 1 aromatic carbocycles. The highest BCUT2D eigenvalue weighted by molar-refractivity contribution is 5.89. The van der Waals surface area contributed by atoms with Crippen LogP contribution in [0.1, 0.15) is 18.2 Å². The van der Waals surface area contributed by atoms with E-state index in [4.69, 9.17) is 5.73 Å². The van der Waals surface area contributed by atoms with Gasteiger partial charge < -0.3 is 16.4 Å². The Morgan fingerprint density at radius 2 is 1.78 bits per heavy atom. The largest absolute Gasteiger partial charge is 0.433 e. The number of halogens is 3. The molecular weight excluding hydrogens is 421 g/mol.